The van der Waals surface area contributed by atoms with Gasteiger partial charge >= 0.3 is 0 Å². The molecule has 5 heteroatoms. The zero-order chi connectivity index (χ0) is 18.2. The Morgan fingerprint density at radius 2 is 1.80 bits per heavy atom. The lowest BCUT2D eigenvalue weighted by molar-refractivity contribution is -0.0850. The molecule has 0 saturated heterocycles. The summed E-state index contributed by atoms with van der Waals surface area (Å²) in [6.45, 7) is 9.96. The normalized spacial score (nSPS) is 22.3. The predicted molar refractivity (Wildman–Crippen MR) is 98.2 cm³/mol. The molecular formula is C20H33NO4. The van der Waals surface area contributed by atoms with Crippen LogP contribution in [-0.4, -0.2) is 43.6 Å². The van der Waals surface area contributed by atoms with E-state index in [0.29, 0.717) is 30.4 Å². The molecule has 1 saturated carbocycles. The van der Waals surface area contributed by atoms with Crippen LogP contribution in [-0.2, 0) is 9.47 Å². The van der Waals surface area contributed by atoms with Crippen LogP contribution in [0.4, 0.5) is 0 Å². The number of nitrogens with zero attached hydrogens (tertiary/aromatic N) is 1. The van der Waals surface area contributed by atoms with Gasteiger partial charge in [0.2, 0.25) is 5.88 Å². The first-order valence-corrected chi connectivity index (χ1v) is 9.36. The topological polar surface area (TPSA) is 49.8 Å². The van der Waals surface area contributed by atoms with Crippen LogP contribution in [0.15, 0.2) is 18.3 Å². The molecule has 0 N–H and O–H groups in total. The van der Waals surface area contributed by atoms with Crippen LogP contribution in [0.25, 0.3) is 0 Å². The lowest BCUT2D eigenvalue weighted by atomic mass is 9.91. The van der Waals surface area contributed by atoms with Gasteiger partial charge in [-0.25, -0.2) is 4.98 Å². The fraction of sp³-hybridized carbons (Fsp3) is 0.750. The molecule has 1 aliphatic carbocycles. The zero-order valence-electron chi connectivity index (χ0n) is 16.2. The highest BCUT2D eigenvalue weighted by molar-refractivity contribution is 5.26. The average Bonchev–Trinajstić information content (AvgIpc) is 2.51. The van der Waals surface area contributed by atoms with Crippen LogP contribution >= 0.6 is 0 Å². The van der Waals surface area contributed by atoms with Crippen molar-refractivity contribution in [3.63, 3.8) is 0 Å². The van der Waals surface area contributed by atoms with Gasteiger partial charge < -0.3 is 18.9 Å². The number of hydrogen-bond acceptors (Lipinski definition) is 5. The fourth-order valence-electron chi connectivity index (χ4n) is 3.18. The van der Waals surface area contributed by atoms with Gasteiger partial charge in [0.05, 0.1) is 18.8 Å². The highest BCUT2D eigenvalue weighted by Gasteiger charge is 2.32. The van der Waals surface area contributed by atoms with Crippen molar-refractivity contribution in [2.75, 3.05) is 20.3 Å². The Morgan fingerprint density at radius 1 is 1.08 bits per heavy atom. The molecule has 0 bridgehead atoms. The third-order valence-electron chi connectivity index (χ3n) is 4.30. The van der Waals surface area contributed by atoms with E-state index in [4.69, 9.17) is 18.9 Å². The number of rotatable bonds is 11. The molecule has 2 rings (SSSR count). The number of ether oxygens (including phenoxy) is 4. The molecule has 1 aliphatic rings. The molecule has 2 atom stereocenters. The Morgan fingerprint density at radius 3 is 2.48 bits per heavy atom. The SMILES string of the molecule is COCC(C)CC(C)COc1cc(OC2CC(OC(C)C)C2)ccn1. The molecule has 0 aliphatic heterocycles. The summed E-state index contributed by atoms with van der Waals surface area (Å²) in [5.41, 5.74) is 0. The van der Waals surface area contributed by atoms with Crippen LogP contribution in [0.2, 0.25) is 0 Å². The minimum absolute atomic E-state index is 0.229. The molecule has 0 aromatic carbocycles. The van der Waals surface area contributed by atoms with Crippen LogP contribution in [0, 0.1) is 11.8 Å². The Kier molecular flexibility index (Phi) is 7.97. The molecule has 0 amide bonds. The fourth-order valence-corrected chi connectivity index (χ4v) is 3.18. The molecule has 0 spiro atoms. The lowest BCUT2D eigenvalue weighted by Gasteiger charge is -2.36. The van der Waals surface area contributed by atoms with Crippen molar-refractivity contribution >= 4 is 0 Å². The predicted octanol–water partition coefficient (Wildman–Crippen LogP) is 4.10. The van der Waals surface area contributed by atoms with E-state index in [9.17, 15) is 0 Å². The quantitative estimate of drug-likeness (QED) is 0.601. The third-order valence-corrected chi connectivity index (χ3v) is 4.30. The highest BCUT2D eigenvalue weighted by atomic mass is 16.5. The van der Waals surface area contributed by atoms with Crippen molar-refractivity contribution in [1.82, 2.24) is 4.98 Å². The number of methoxy groups -OCH3 is 1. The van der Waals surface area contributed by atoms with Gasteiger partial charge in [-0.3, -0.25) is 0 Å². The van der Waals surface area contributed by atoms with Crippen molar-refractivity contribution in [1.29, 1.82) is 0 Å². The molecule has 25 heavy (non-hydrogen) atoms. The van der Waals surface area contributed by atoms with Gasteiger partial charge in [0.15, 0.2) is 0 Å². The van der Waals surface area contributed by atoms with Crippen molar-refractivity contribution in [3.05, 3.63) is 18.3 Å². The monoisotopic (exact) mass is 351 g/mol. The first kappa shape index (κ1) is 20.0. The van der Waals surface area contributed by atoms with Crippen LogP contribution in [0.1, 0.15) is 47.0 Å². The van der Waals surface area contributed by atoms with Gasteiger partial charge in [0, 0.05) is 38.8 Å². The summed E-state index contributed by atoms with van der Waals surface area (Å²) in [6, 6.07) is 3.76. The number of aromatic nitrogens is 1. The smallest absolute Gasteiger partial charge is 0.216 e. The number of pyridine rings is 1. The molecule has 1 aromatic rings. The second kappa shape index (κ2) is 9.97. The average molecular weight is 351 g/mol. The largest absolute Gasteiger partial charge is 0.490 e. The van der Waals surface area contributed by atoms with E-state index in [0.717, 1.165) is 31.6 Å². The molecule has 142 valence electrons. The van der Waals surface area contributed by atoms with Gasteiger partial charge in [-0.2, -0.15) is 0 Å². The van der Waals surface area contributed by atoms with E-state index >= 15 is 0 Å². The Balaban J connectivity index is 1.72. The van der Waals surface area contributed by atoms with Gasteiger partial charge in [-0.05, 0) is 38.2 Å². The maximum atomic E-state index is 5.99. The lowest BCUT2D eigenvalue weighted by Crippen LogP contribution is -2.40. The summed E-state index contributed by atoms with van der Waals surface area (Å²) in [4.78, 5) is 4.28. The van der Waals surface area contributed by atoms with Crippen molar-refractivity contribution < 1.29 is 18.9 Å². The first-order chi connectivity index (χ1) is 12.0. The summed E-state index contributed by atoms with van der Waals surface area (Å²) in [5, 5.41) is 0. The second-order valence-corrected chi connectivity index (χ2v) is 7.56. The maximum Gasteiger partial charge on any atom is 0.216 e. The summed E-state index contributed by atoms with van der Waals surface area (Å²) >= 11 is 0. The van der Waals surface area contributed by atoms with Gasteiger partial charge in [-0.1, -0.05) is 13.8 Å². The van der Waals surface area contributed by atoms with E-state index < -0.39 is 0 Å². The van der Waals surface area contributed by atoms with Crippen LogP contribution in [0.5, 0.6) is 11.6 Å². The molecule has 2 unspecified atom stereocenters. The zero-order valence-corrected chi connectivity index (χ0v) is 16.2. The molecular weight excluding hydrogens is 318 g/mol. The molecule has 1 fully saturated rings. The van der Waals surface area contributed by atoms with Crippen molar-refractivity contribution in [2.45, 2.75) is 65.3 Å². The van der Waals surface area contributed by atoms with Gasteiger partial charge in [0.1, 0.15) is 11.9 Å². The van der Waals surface area contributed by atoms with Crippen LogP contribution < -0.4 is 9.47 Å². The molecule has 1 aromatic heterocycles. The minimum Gasteiger partial charge on any atom is -0.490 e. The van der Waals surface area contributed by atoms with Crippen molar-refractivity contribution in [3.8, 4) is 11.6 Å². The molecule has 0 radical (unpaired) electrons. The summed E-state index contributed by atoms with van der Waals surface area (Å²) in [7, 11) is 1.74. The van der Waals surface area contributed by atoms with E-state index in [1.807, 2.05) is 12.1 Å². The number of hydrogen-bond donors (Lipinski definition) is 0. The van der Waals surface area contributed by atoms with E-state index in [2.05, 4.69) is 32.7 Å². The van der Waals surface area contributed by atoms with Gasteiger partial charge in [0.25, 0.3) is 0 Å². The Bertz CT molecular complexity index is 502. The first-order valence-electron chi connectivity index (χ1n) is 9.36. The maximum absolute atomic E-state index is 5.99. The third kappa shape index (κ3) is 7.20. The Labute approximate surface area is 152 Å². The molecule has 5 nitrogen and oxygen atoms in total. The van der Waals surface area contributed by atoms with E-state index in [1.54, 1.807) is 13.3 Å². The summed E-state index contributed by atoms with van der Waals surface area (Å²) in [6.07, 6.45) is 5.55. The van der Waals surface area contributed by atoms with E-state index in [-0.39, 0.29) is 12.2 Å². The molecule has 1 heterocycles. The second-order valence-electron chi connectivity index (χ2n) is 7.56. The highest BCUT2D eigenvalue weighted by Crippen LogP contribution is 2.30. The standard InChI is InChI=1S/C20H33NO4/c1-14(2)24-18-9-19(10-18)25-17-6-7-21-20(11-17)23-13-16(4)8-15(3)12-22-5/h6-7,11,14-16,18-19H,8-10,12-13H2,1-5H3. The van der Waals surface area contributed by atoms with Crippen molar-refractivity contribution in [2.24, 2.45) is 11.8 Å². The summed E-state index contributed by atoms with van der Waals surface area (Å²) < 4.78 is 22.8. The van der Waals surface area contributed by atoms with Crippen LogP contribution in [0.3, 0.4) is 0 Å². The van der Waals surface area contributed by atoms with E-state index in [1.165, 1.54) is 0 Å². The summed E-state index contributed by atoms with van der Waals surface area (Å²) in [5.74, 6) is 2.43. The van der Waals surface area contributed by atoms with Gasteiger partial charge in [-0.15, -0.1) is 0 Å². The minimum atomic E-state index is 0.229. The Hall–Kier alpha value is -1.33.